The van der Waals surface area contributed by atoms with E-state index in [4.69, 9.17) is 5.73 Å². The lowest BCUT2D eigenvalue weighted by molar-refractivity contribution is 0.0947. The van der Waals surface area contributed by atoms with Gasteiger partial charge in [0.15, 0.2) is 0 Å². The van der Waals surface area contributed by atoms with Crippen LogP contribution >= 0.6 is 0 Å². The molecule has 1 rings (SSSR count). The van der Waals surface area contributed by atoms with Gasteiger partial charge in [0.2, 0.25) is 0 Å². The summed E-state index contributed by atoms with van der Waals surface area (Å²) in [5.74, 6) is 0.441. The first-order valence-electron chi connectivity index (χ1n) is 6.69. The lowest BCUT2D eigenvalue weighted by Gasteiger charge is -2.21. The van der Waals surface area contributed by atoms with Crippen molar-refractivity contribution in [1.29, 1.82) is 0 Å². The van der Waals surface area contributed by atoms with E-state index in [2.05, 4.69) is 19.2 Å². The van der Waals surface area contributed by atoms with Gasteiger partial charge in [0.25, 0.3) is 5.91 Å². The lowest BCUT2D eigenvalue weighted by Crippen LogP contribution is -2.42. The highest BCUT2D eigenvalue weighted by molar-refractivity contribution is 5.95. The van der Waals surface area contributed by atoms with Crippen LogP contribution in [0.1, 0.15) is 42.6 Å². The topological polar surface area (TPSA) is 55.1 Å². The number of nitrogens with two attached hydrogens (primary N) is 1. The molecule has 1 atom stereocenters. The SMILES string of the molecule is CCC(CC)C(N)CNC(=O)c1ccccc1C. The van der Waals surface area contributed by atoms with Gasteiger partial charge < -0.3 is 11.1 Å². The van der Waals surface area contributed by atoms with Crippen LogP contribution in [0.2, 0.25) is 0 Å². The molecule has 0 aromatic heterocycles. The number of benzene rings is 1. The van der Waals surface area contributed by atoms with Crippen molar-refractivity contribution in [3.05, 3.63) is 35.4 Å². The molecule has 0 saturated heterocycles. The van der Waals surface area contributed by atoms with Crippen molar-refractivity contribution in [3.63, 3.8) is 0 Å². The molecule has 18 heavy (non-hydrogen) atoms. The third-order valence-corrected chi connectivity index (χ3v) is 3.54. The zero-order valence-electron chi connectivity index (χ0n) is 11.6. The Labute approximate surface area is 110 Å². The van der Waals surface area contributed by atoms with Gasteiger partial charge in [0.1, 0.15) is 0 Å². The first-order chi connectivity index (χ1) is 8.60. The van der Waals surface area contributed by atoms with Gasteiger partial charge in [-0.1, -0.05) is 44.9 Å². The second-order valence-corrected chi connectivity index (χ2v) is 4.77. The summed E-state index contributed by atoms with van der Waals surface area (Å²) in [4.78, 5) is 12.0. The summed E-state index contributed by atoms with van der Waals surface area (Å²) in [7, 11) is 0. The Morgan fingerprint density at radius 1 is 1.28 bits per heavy atom. The summed E-state index contributed by atoms with van der Waals surface area (Å²) >= 11 is 0. The van der Waals surface area contributed by atoms with Crippen LogP contribution < -0.4 is 11.1 Å². The van der Waals surface area contributed by atoms with Crippen molar-refractivity contribution in [2.75, 3.05) is 6.54 Å². The molecule has 1 aromatic rings. The third-order valence-electron chi connectivity index (χ3n) is 3.54. The number of aryl methyl sites for hydroxylation is 1. The first kappa shape index (κ1) is 14.7. The van der Waals surface area contributed by atoms with E-state index >= 15 is 0 Å². The summed E-state index contributed by atoms with van der Waals surface area (Å²) in [6.07, 6.45) is 2.11. The fraction of sp³-hybridized carbons (Fsp3) is 0.533. The van der Waals surface area contributed by atoms with Crippen LogP contribution in [-0.2, 0) is 0 Å². The van der Waals surface area contributed by atoms with Crippen molar-refractivity contribution in [2.45, 2.75) is 39.7 Å². The molecule has 0 aliphatic heterocycles. The molecule has 1 aromatic carbocycles. The van der Waals surface area contributed by atoms with Crippen molar-refractivity contribution < 1.29 is 4.79 Å². The van der Waals surface area contributed by atoms with E-state index in [1.54, 1.807) is 0 Å². The maximum atomic E-state index is 12.0. The Morgan fingerprint density at radius 2 is 1.89 bits per heavy atom. The molecule has 0 radical (unpaired) electrons. The molecule has 3 nitrogen and oxygen atoms in total. The van der Waals surface area contributed by atoms with E-state index < -0.39 is 0 Å². The number of rotatable bonds is 6. The molecule has 0 spiro atoms. The van der Waals surface area contributed by atoms with Crippen LogP contribution in [0.15, 0.2) is 24.3 Å². The molecule has 0 saturated carbocycles. The standard InChI is InChI=1S/C15H24N2O/c1-4-12(5-2)14(16)10-17-15(18)13-9-7-6-8-11(13)3/h6-9,12,14H,4-5,10,16H2,1-3H3,(H,17,18). The van der Waals surface area contributed by atoms with Crippen molar-refractivity contribution in [1.82, 2.24) is 5.32 Å². The Hall–Kier alpha value is -1.35. The smallest absolute Gasteiger partial charge is 0.251 e. The number of carbonyl (C=O) groups is 1. The Kier molecular flexibility index (Phi) is 5.86. The van der Waals surface area contributed by atoms with Crippen LogP contribution in [0.3, 0.4) is 0 Å². The zero-order chi connectivity index (χ0) is 13.5. The quantitative estimate of drug-likeness (QED) is 0.812. The highest BCUT2D eigenvalue weighted by atomic mass is 16.1. The molecule has 1 amide bonds. The largest absolute Gasteiger partial charge is 0.350 e. The maximum absolute atomic E-state index is 12.0. The van der Waals surface area contributed by atoms with E-state index in [0.29, 0.717) is 12.5 Å². The van der Waals surface area contributed by atoms with Crippen LogP contribution in [0.25, 0.3) is 0 Å². The predicted molar refractivity (Wildman–Crippen MR) is 75.6 cm³/mol. The average Bonchev–Trinajstić information content (AvgIpc) is 2.38. The second-order valence-electron chi connectivity index (χ2n) is 4.77. The zero-order valence-corrected chi connectivity index (χ0v) is 11.6. The van der Waals surface area contributed by atoms with E-state index in [-0.39, 0.29) is 11.9 Å². The van der Waals surface area contributed by atoms with Gasteiger partial charge in [-0.15, -0.1) is 0 Å². The Morgan fingerprint density at radius 3 is 2.44 bits per heavy atom. The van der Waals surface area contributed by atoms with Gasteiger partial charge in [0, 0.05) is 18.2 Å². The van der Waals surface area contributed by atoms with E-state index in [0.717, 1.165) is 24.0 Å². The maximum Gasteiger partial charge on any atom is 0.251 e. The Balaban J connectivity index is 2.54. The molecular weight excluding hydrogens is 224 g/mol. The normalized spacial score (nSPS) is 12.5. The molecule has 3 heteroatoms. The van der Waals surface area contributed by atoms with Gasteiger partial charge in [-0.2, -0.15) is 0 Å². The summed E-state index contributed by atoms with van der Waals surface area (Å²) in [5.41, 5.74) is 7.81. The molecule has 0 bridgehead atoms. The third kappa shape index (κ3) is 3.84. The highest BCUT2D eigenvalue weighted by Crippen LogP contribution is 2.11. The number of nitrogens with one attached hydrogen (secondary N) is 1. The molecule has 0 heterocycles. The minimum Gasteiger partial charge on any atom is -0.350 e. The highest BCUT2D eigenvalue weighted by Gasteiger charge is 2.15. The molecule has 3 N–H and O–H groups in total. The average molecular weight is 248 g/mol. The number of hydrogen-bond acceptors (Lipinski definition) is 2. The minimum atomic E-state index is -0.0329. The Bertz CT molecular complexity index is 386. The summed E-state index contributed by atoms with van der Waals surface area (Å²) in [6, 6.07) is 7.63. The van der Waals surface area contributed by atoms with E-state index in [9.17, 15) is 4.79 Å². The minimum absolute atomic E-state index is 0.0329. The number of carbonyl (C=O) groups excluding carboxylic acids is 1. The van der Waals surface area contributed by atoms with E-state index in [1.165, 1.54) is 0 Å². The molecule has 1 unspecified atom stereocenters. The van der Waals surface area contributed by atoms with E-state index in [1.807, 2.05) is 31.2 Å². The van der Waals surface area contributed by atoms with Gasteiger partial charge in [-0.05, 0) is 24.5 Å². The van der Waals surface area contributed by atoms with Crippen molar-refractivity contribution in [2.24, 2.45) is 11.7 Å². The summed E-state index contributed by atoms with van der Waals surface area (Å²) < 4.78 is 0. The fourth-order valence-electron chi connectivity index (χ4n) is 2.19. The van der Waals surface area contributed by atoms with Crippen LogP contribution in [0, 0.1) is 12.8 Å². The molecular formula is C15H24N2O. The fourth-order valence-corrected chi connectivity index (χ4v) is 2.19. The molecule has 100 valence electrons. The monoisotopic (exact) mass is 248 g/mol. The van der Waals surface area contributed by atoms with Crippen LogP contribution in [0.5, 0.6) is 0 Å². The summed E-state index contributed by atoms with van der Waals surface area (Å²) in [5, 5.41) is 2.92. The van der Waals surface area contributed by atoms with Gasteiger partial charge in [0.05, 0.1) is 0 Å². The summed E-state index contributed by atoms with van der Waals surface area (Å²) in [6.45, 7) is 6.75. The lowest BCUT2D eigenvalue weighted by atomic mass is 9.95. The first-order valence-corrected chi connectivity index (χ1v) is 6.69. The van der Waals surface area contributed by atoms with Gasteiger partial charge >= 0.3 is 0 Å². The van der Waals surface area contributed by atoms with Crippen LogP contribution in [0.4, 0.5) is 0 Å². The molecule has 0 aliphatic rings. The van der Waals surface area contributed by atoms with Crippen LogP contribution in [-0.4, -0.2) is 18.5 Å². The van der Waals surface area contributed by atoms with Crippen molar-refractivity contribution in [3.8, 4) is 0 Å². The van der Waals surface area contributed by atoms with Crippen molar-refractivity contribution >= 4 is 5.91 Å². The number of amides is 1. The second kappa shape index (κ2) is 7.17. The molecule has 0 aliphatic carbocycles. The van der Waals surface area contributed by atoms with Gasteiger partial charge in [-0.25, -0.2) is 0 Å². The van der Waals surface area contributed by atoms with Gasteiger partial charge in [-0.3, -0.25) is 4.79 Å². The number of hydrogen-bond donors (Lipinski definition) is 2. The molecule has 0 fully saturated rings. The predicted octanol–water partition coefficient (Wildman–Crippen LogP) is 2.49.